The topological polar surface area (TPSA) is 72.2 Å². The van der Waals surface area contributed by atoms with E-state index in [2.05, 4.69) is 4.72 Å². The van der Waals surface area contributed by atoms with E-state index in [1.807, 2.05) is 0 Å². The Kier molecular flexibility index (Phi) is 4.51. The molecule has 0 bridgehead atoms. The van der Waals surface area contributed by atoms with Gasteiger partial charge in [-0.1, -0.05) is 29.8 Å². The number of nitrogens with two attached hydrogens (primary N) is 1. The molecule has 0 radical (unpaired) electrons. The first-order valence-electron chi connectivity index (χ1n) is 6.05. The molecule has 0 heterocycles. The van der Waals surface area contributed by atoms with Crippen LogP contribution in [-0.2, 0) is 16.6 Å². The van der Waals surface area contributed by atoms with Crippen LogP contribution in [0.15, 0.2) is 36.4 Å². The molecule has 7 heteroatoms. The second kappa shape index (κ2) is 6.01. The summed E-state index contributed by atoms with van der Waals surface area (Å²) in [7, 11) is -3.27. The van der Waals surface area contributed by atoms with Crippen LogP contribution < -0.4 is 10.5 Å². The summed E-state index contributed by atoms with van der Waals surface area (Å²) in [5.74, 6) is -0.547. The molecule has 0 aromatic heterocycles. The van der Waals surface area contributed by atoms with Crippen LogP contribution in [0, 0.1) is 5.82 Å². The van der Waals surface area contributed by atoms with Crippen LogP contribution in [0.2, 0.25) is 5.02 Å². The lowest BCUT2D eigenvalue weighted by Crippen LogP contribution is -2.21. The Morgan fingerprint density at radius 1 is 1.29 bits per heavy atom. The van der Waals surface area contributed by atoms with Crippen molar-refractivity contribution in [1.29, 1.82) is 0 Å². The molecule has 21 heavy (non-hydrogen) atoms. The molecule has 0 aliphatic carbocycles. The third-order valence-electron chi connectivity index (χ3n) is 2.86. The number of benzene rings is 2. The van der Waals surface area contributed by atoms with E-state index in [1.165, 1.54) is 12.1 Å². The highest BCUT2D eigenvalue weighted by Crippen LogP contribution is 2.31. The molecule has 0 amide bonds. The van der Waals surface area contributed by atoms with Gasteiger partial charge in [-0.3, -0.25) is 0 Å². The van der Waals surface area contributed by atoms with Crippen LogP contribution in [0.3, 0.4) is 0 Å². The van der Waals surface area contributed by atoms with Gasteiger partial charge in [-0.05, 0) is 29.3 Å². The predicted molar refractivity (Wildman–Crippen MR) is 82.9 cm³/mol. The molecule has 3 N–H and O–H groups in total. The Labute approximate surface area is 127 Å². The summed E-state index contributed by atoms with van der Waals surface area (Å²) in [5, 5.41) is 0.335. The highest BCUT2D eigenvalue weighted by atomic mass is 35.5. The van der Waals surface area contributed by atoms with Crippen LogP contribution in [0.5, 0.6) is 0 Å². The number of sulfonamides is 1. The number of nitrogens with one attached hydrogen (secondary N) is 1. The summed E-state index contributed by atoms with van der Waals surface area (Å²) in [6, 6.07) is 9.65. The second-order valence-corrected chi connectivity index (χ2v) is 6.89. The Morgan fingerprint density at radius 2 is 2.00 bits per heavy atom. The standard InChI is InChI=1S/C14H14ClFN2O2S/c1-21(19,20)18-8-9-3-2-4-10(5-9)11-6-13(16)14(17)7-12(11)15/h2-7,18H,8,17H2,1H3. The lowest BCUT2D eigenvalue weighted by molar-refractivity contribution is 0.587. The van der Waals surface area contributed by atoms with Gasteiger partial charge in [-0.25, -0.2) is 17.5 Å². The van der Waals surface area contributed by atoms with Crippen molar-refractivity contribution in [3.05, 3.63) is 52.8 Å². The number of anilines is 1. The molecule has 4 nitrogen and oxygen atoms in total. The van der Waals surface area contributed by atoms with E-state index in [9.17, 15) is 12.8 Å². The Morgan fingerprint density at radius 3 is 2.67 bits per heavy atom. The van der Waals surface area contributed by atoms with Gasteiger partial charge in [0, 0.05) is 12.1 Å². The normalized spacial score (nSPS) is 11.6. The molecular formula is C14H14ClFN2O2S. The molecule has 0 saturated heterocycles. The average Bonchev–Trinajstić information content (AvgIpc) is 2.40. The fraction of sp³-hybridized carbons (Fsp3) is 0.143. The first kappa shape index (κ1) is 15.8. The van der Waals surface area contributed by atoms with Gasteiger partial charge in [0.25, 0.3) is 0 Å². The van der Waals surface area contributed by atoms with Crippen molar-refractivity contribution in [1.82, 2.24) is 4.72 Å². The van der Waals surface area contributed by atoms with Gasteiger partial charge in [0.05, 0.1) is 17.0 Å². The van der Waals surface area contributed by atoms with E-state index >= 15 is 0 Å². The number of hydrogen-bond donors (Lipinski definition) is 2. The maximum absolute atomic E-state index is 13.6. The van der Waals surface area contributed by atoms with E-state index < -0.39 is 15.8 Å². The highest BCUT2D eigenvalue weighted by Gasteiger charge is 2.09. The van der Waals surface area contributed by atoms with Crippen LogP contribution in [0.1, 0.15) is 5.56 Å². The van der Waals surface area contributed by atoms with Crippen LogP contribution in [-0.4, -0.2) is 14.7 Å². The molecule has 2 rings (SSSR count). The van der Waals surface area contributed by atoms with Crippen molar-refractivity contribution in [2.24, 2.45) is 0 Å². The number of nitrogen functional groups attached to an aromatic ring is 1. The first-order chi connectivity index (χ1) is 9.76. The fourth-order valence-corrected chi connectivity index (χ4v) is 2.56. The van der Waals surface area contributed by atoms with Gasteiger partial charge in [-0.2, -0.15) is 0 Å². The smallest absolute Gasteiger partial charge is 0.209 e. The predicted octanol–water partition coefficient (Wildman–Crippen LogP) is 2.78. The zero-order valence-corrected chi connectivity index (χ0v) is 12.8. The number of halogens is 2. The van der Waals surface area contributed by atoms with Gasteiger partial charge in [0.2, 0.25) is 10.0 Å². The molecule has 0 aliphatic heterocycles. The van der Waals surface area contributed by atoms with Crippen molar-refractivity contribution in [3.8, 4) is 11.1 Å². The summed E-state index contributed by atoms with van der Waals surface area (Å²) >= 11 is 6.08. The first-order valence-corrected chi connectivity index (χ1v) is 8.31. The van der Waals surface area contributed by atoms with Crippen molar-refractivity contribution < 1.29 is 12.8 Å². The maximum Gasteiger partial charge on any atom is 0.209 e. The Hall–Kier alpha value is -1.63. The lowest BCUT2D eigenvalue weighted by Gasteiger charge is -2.09. The van der Waals surface area contributed by atoms with Gasteiger partial charge < -0.3 is 5.73 Å². The number of rotatable bonds is 4. The highest BCUT2D eigenvalue weighted by molar-refractivity contribution is 7.88. The fourth-order valence-electron chi connectivity index (χ4n) is 1.85. The SMILES string of the molecule is CS(=O)(=O)NCc1cccc(-c2cc(F)c(N)cc2Cl)c1. The minimum atomic E-state index is -3.27. The molecule has 0 spiro atoms. The van der Waals surface area contributed by atoms with Crippen molar-refractivity contribution in [3.63, 3.8) is 0 Å². The minimum absolute atomic E-state index is 0.0151. The minimum Gasteiger partial charge on any atom is -0.396 e. The molecule has 2 aromatic carbocycles. The summed E-state index contributed by atoms with van der Waals surface area (Å²) in [6.07, 6.45) is 1.09. The Balaban J connectivity index is 2.35. The molecule has 0 unspecified atom stereocenters. The monoisotopic (exact) mass is 328 g/mol. The molecule has 0 aliphatic rings. The van der Waals surface area contributed by atoms with Crippen molar-refractivity contribution in [2.75, 3.05) is 12.0 Å². The maximum atomic E-state index is 13.6. The molecule has 0 atom stereocenters. The van der Waals surface area contributed by atoms with Gasteiger partial charge in [0.15, 0.2) is 0 Å². The Bertz CT molecular complexity index is 779. The summed E-state index contributed by atoms with van der Waals surface area (Å²) in [4.78, 5) is 0. The largest absolute Gasteiger partial charge is 0.396 e. The zero-order valence-electron chi connectivity index (χ0n) is 11.2. The van der Waals surface area contributed by atoms with E-state index in [4.69, 9.17) is 17.3 Å². The van der Waals surface area contributed by atoms with Gasteiger partial charge >= 0.3 is 0 Å². The summed E-state index contributed by atoms with van der Waals surface area (Å²) in [6.45, 7) is 0.155. The van der Waals surface area contributed by atoms with E-state index in [-0.39, 0.29) is 12.2 Å². The van der Waals surface area contributed by atoms with Gasteiger partial charge in [0.1, 0.15) is 5.82 Å². The zero-order chi connectivity index (χ0) is 15.6. The quantitative estimate of drug-likeness (QED) is 0.848. The van der Waals surface area contributed by atoms with Crippen LogP contribution >= 0.6 is 11.6 Å². The molecular weight excluding hydrogens is 315 g/mol. The van der Waals surface area contributed by atoms with Crippen molar-refractivity contribution >= 4 is 27.3 Å². The second-order valence-electron chi connectivity index (χ2n) is 4.65. The average molecular weight is 329 g/mol. The molecule has 0 fully saturated rings. The number of hydrogen-bond acceptors (Lipinski definition) is 3. The molecule has 2 aromatic rings. The third-order valence-corrected chi connectivity index (χ3v) is 3.84. The van der Waals surface area contributed by atoms with E-state index in [1.54, 1.807) is 24.3 Å². The summed E-state index contributed by atoms with van der Waals surface area (Å²) in [5.41, 5.74) is 7.37. The van der Waals surface area contributed by atoms with Crippen LogP contribution in [0.25, 0.3) is 11.1 Å². The van der Waals surface area contributed by atoms with Crippen LogP contribution in [0.4, 0.5) is 10.1 Å². The van der Waals surface area contributed by atoms with Crippen molar-refractivity contribution in [2.45, 2.75) is 6.54 Å². The lowest BCUT2D eigenvalue weighted by atomic mass is 10.0. The van der Waals surface area contributed by atoms with Gasteiger partial charge in [-0.15, -0.1) is 0 Å². The van der Waals surface area contributed by atoms with E-state index in [0.717, 1.165) is 11.8 Å². The summed E-state index contributed by atoms with van der Waals surface area (Å²) < 4.78 is 38.2. The molecule has 0 saturated carbocycles. The third kappa shape index (κ3) is 4.17. The molecule has 112 valence electrons. The van der Waals surface area contributed by atoms with E-state index in [0.29, 0.717) is 16.1 Å².